The van der Waals surface area contributed by atoms with E-state index < -0.39 is 5.97 Å². The molecule has 3 nitrogen and oxygen atoms in total. The number of aromatic carboxylic acids is 1. The molecule has 0 aromatic carbocycles. The smallest absolute Gasteiger partial charge is 0.339 e. The lowest BCUT2D eigenvalue weighted by molar-refractivity contribution is 0.0692. The van der Waals surface area contributed by atoms with Gasteiger partial charge in [0.1, 0.15) is 5.56 Å². The Labute approximate surface area is 84.3 Å². The Bertz CT molecular complexity index is 344. The molecule has 0 spiro atoms. The van der Waals surface area contributed by atoms with Crippen LogP contribution in [0.5, 0.6) is 0 Å². The predicted molar refractivity (Wildman–Crippen MR) is 52.8 cm³/mol. The Morgan fingerprint density at radius 3 is 2.85 bits per heavy atom. The number of nitrogens with zero attached hydrogens (tertiary/aromatic N) is 1. The van der Waals surface area contributed by atoms with E-state index in [4.69, 9.17) is 5.11 Å². The van der Waals surface area contributed by atoms with E-state index in [1.165, 1.54) is 23.3 Å². The third-order valence-corrected chi connectivity index (χ3v) is 4.01. The van der Waals surface area contributed by atoms with Crippen molar-refractivity contribution in [1.82, 2.24) is 4.37 Å². The summed E-state index contributed by atoms with van der Waals surface area (Å²) in [5, 5.41) is 9.00. The van der Waals surface area contributed by atoms with E-state index in [9.17, 15) is 4.79 Å². The molecule has 0 unspecified atom stereocenters. The summed E-state index contributed by atoms with van der Waals surface area (Å²) in [6, 6.07) is 0. The highest BCUT2D eigenvalue weighted by molar-refractivity contribution is 8.00. The Kier molecular flexibility index (Phi) is 2.29. The van der Waals surface area contributed by atoms with Crippen LogP contribution in [0.2, 0.25) is 0 Å². The Hall–Kier alpha value is -0.550. The van der Waals surface area contributed by atoms with Gasteiger partial charge in [-0.25, -0.2) is 4.79 Å². The average molecular weight is 215 g/mol. The summed E-state index contributed by atoms with van der Waals surface area (Å²) in [7, 11) is 0. The van der Waals surface area contributed by atoms with E-state index in [1.54, 1.807) is 0 Å². The van der Waals surface area contributed by atoms with Crippen molar-refractivity contribution < 1.29 is 9.90 Å². The first-order valence-corrected chi connectivity index (χ1v) is 6.00. The van der Waals surface area contributed by atoms with Crippen LogP contribution in [0.15, 0.2) is 4.21 Å². The minimum absolute atomic E-state index is 0.420. The highest BCUT2D eigenvalue weighted by Crippen LogP contribution is 2.44. The molecule has 0 amide bonds. The van der Waals surface area contributed by atoms with Crippen molar-refractivity contribution in [3.05, 3.63) is 11.3 Å². The molecule has 0 radical (unpaired) electrons. The first kappa shape index (κ1) is 9.02. The lowest BCUT2D eigenvalue weighted by atomic mass is 10.2. The number of hydrogen-bond acceptors (Lipinski definition) is 4. The van der Waals surface area contributed by atoms with E-state index in [0.717, 1.165) is 22.7 Å². The molecule has 1 saturated carbocycles. The summed E-state index contributed by atoms with van der Waals surface area (Å²) < 4.78 is 5.04. The second-order valence-corrected chi connectivity index (χ2v) is 4.86. The maximum Gasteiger partial charge on any atom is 0.339 e. The standard InChI is InChI=1S/C8H9NO2S2/c1-12-8-5(7(10)11)6(9-13-8)4-2-3-4/h4H,2-3H2,1H3,(H,10,11). The first-order chi connectivity index (χ1) is 6.24. The summed E-state index contributed by atoms with van der Waals surface area (Å²) >= 11 is 2.77. The third kappa shape index (κ3) is 1.58. The fourth-order valence-electron chi connectivity index (χ4n) is 1.26. The second-order valence-electron chi connectivity index (χ2n) is 3.01. The van der Waals surface area contributed by atoms with Crippen molar-refractivity contribution >= 4 is 29.3 Å². The maximum atomic E-state index is 10.9. The van der Waals surface area contributed by atoms with E-state index in [-0.39, 0.29) is 0 Å². The molecule has 1 aliphatic rings. The highest BCUT2D eigenvalue weighted by atomic mass is 32.2. The zero-order chi connectivity index (χ0) is 9.42. The second kappa shape index (κ2) is 3.31. The van der Waals surface area contributed by atoms with Gasteiger partial charge in [0.2, 0.25) is 0 Å². The zero-order valence-electron chi connectivity index (χ0n) is 7.11. The molecule has 5 heteroatoms. The van der Waals surface area contributed by atoms with Gasteiger partial charge in [0.25, 0.3) is 0 Å². The fourth-order valence-corrected chi connectivity index (χ4v) is 2.77. The summed E-state index contributed by atoms with van der Waals surface area (Å²) in [6.45, 7) is 0. The van der Waals surface area contributed by atoms with Crippen molar-refractivity contribution in [3.63, 3.8) is 0 Å². The molecule has 1 aromatic rings. The molecule has 2 rings (SSSR count). The topological polar surface area (TPSA) is 50.2 Å². The van der Waals surface area contributed by atoms with Gasteiger partial charge in [0, 0.05) is 5.92 Å². The Morgan fingerprint density at radius 2 is 2.38 bits per heavy atom. The van der Waals surface area contributed by atoms with Crippen LogP contribution in [0.4, 0.5) is 0 Å². The largest absolute Gasteiger partial charge is 0.478 e. The van der Waals surface area contributed by atoms with Crippen LogP contribution < -0.4 is 0 Å². The summed E-state index contributed by atoms with van der Waals surface area (Å²) in [5.74, 6) is -0.414. The van der Waals surface area contributed by atoms with Crippen molar-refractivity contribution in [3.8, 4) is 0 Å². The lowest BCUT2D eigenvalue weighted by Gasteiger charge is -1.96. The summed E-state index contributed by atoms with van der Waals surface area (Å²) in [5.41, 5.74) is 1.25. The number of rotatable bonds is 3. The normalized spacial score (nSPS) is 16.1. The Balaban J connectivity index is 2.44. The van der Waals surface area contributed by atoms with Crippen LogP contribution >= 0.6 is 23.3 Å². The molecule has 1 heterocycles. The predicted octanol–water partition coefficient (Wildman–Crippen LogP) is 2.44. The highest BCUT2D eigenvalue weighted by Gasteiger charge is 2.32. The van der Waals surface area contributed by atoms with Gasteiger partial charge >= 0.3 is 5.97 Å². The van der Waals surface area contributed by atoms with Crippen molar-refractivity contribution in [2.45, 2.75) is 23.0 Å². The van der Waals surface area contributed by atoms with E-state index in [2.05, 4.69) is 4.37 Å². The van der Waals surface area contributed by atoms with Crippen molar-refractivity contribution in [1.29, 1.82) is 0 Å². The van der Waals surface area contributed by atoms with Crippen LogP contribution in [0, 0.1) is 0 Å². The summed E-state index contributed by atoms with van der Waals surface area (Å²) in [4.78, 5) is 10.9. The number of aromatic nitrogens is 1. The maximum absolute atomic E-state index is 10.9. The molecule has 1 fully saturated rings. The van der Waals surface area contributed by atoms with Gasteiger partial charge in [0.05, 0.1) is 9.90 Å². The monoisotopic (exact) mass is 215 g/mol. The Morgan fingerprint density at radius 1 is 1.69 bits per heavy atom. The fraction of sp³-hybridized carbons (Fsp3) is 0.500. The third-order valence-electron chi connectivity index (χ3n) is 2.05. The zero-order valence-corrected chi connectivity index (χ0v) is 8.74. The van der Waals surface area contributed by atoms with E-state index in [0.29, 0.717) is 11.5 Å². The number of carboxylic acids is 1. The van der Waals surface area contributed by atoms with Crippen LogP contribution in [0.25, 0.3) is 0 Å². The number of thioether (sulfide) groups is 1. The van der Waals surface area contributed by atoms with Gasteiger partial charge in [-0.15, -0.1) is 11.8 Å². The molecule has 1 aliphatic carbocycles. The number of hydrogen-bond donors (Lipinski definition) is 1. The molecule has 70 valence electrons. The first-order valence-electron chi connectivity index (χ1n) is 4.01. The van der Waals surface area contributed by atoms with Crippen molar-refractivity contribution in [2.75, 3.05) is 6.26 Å². The van der Waals surface area contributed by atoms with Crippen LogP contribution in [-0.2, 0) is 0 Å². The lowest BCUT2D eigenvalue weighted by Crippen LogP contribution is -2.00. The summed E-state index contributed by atoms with van der Waals surface area (Å²) in [6.07, 6.45) is 4.08. The van der Waals surface area contributed by atoms with Crippen LogP contribution in [-0.4, -0.2) is 21.7 Å². The SMILES string of the molecule is CSc1snc(C2CC2)c1C(=O)O. The molecule has 13 heavy (non-hydrogen) atoms. The van der Waals surface area contributed by atoms with Gasteiger partial charge in [-0.1, -0.05) is 0 Å². The molecule has 0 saturated heterocycles. The minimum atomic E-state index is -0.833. The molecule has 0 bridgehead atoms. The minimum Gasteiger partial charge on any atom is -0.478 e. The quantitative estimate of drug-likeness (QED) is 0.787. The van der Waals surface area contributed by atoms with Gasteiger partial charge in [-0.2, -0.15) is 4.37 Å². The van der Waals surface area contributed by atoms with Crippen molar-refractivity contribution in [2.24, 2.45) is 0 Å². The average Bonchev–Trinajstić information content (AvgIpc) is 2.84. The van der Waals surface area contributed by atoms with E-state index >= 15 is 0 Å². The molecule has 0 aliphatic heterocycles. The van der Waals surface area contributed by atoms with E-state index in [1.807, 2.05) is 6.26 Å². The van der Waals surface area contributed by atoms with Gasteiger partial charge in [-0.05, 0) is 30.6 Å². The van der Waals surface area contributed by atoms with Crippen LogP contribution in [0.3, 0.4) is 0 Å². The molecule has 1 aromatic heterocycles. The van der Waals surface area contributed by atoms with Gasteiger partial charge in [-0.3, -0.25) is 0 Å². The van der Waals surface area contributed by atoms with Gasteiger partial charge < -0.3 is 5.11 Å². The molecule has 0 atom stereocenters. The molecular weight excluding hydrogens is 206 g/mol. The number of carboxylic acid groups (broad SMARTS) is 1. The van der Waals surface area contributed by atoms with Gasteiger partial charge in [0.15, 0.2) is 0 Å². The molecule has 1 N–H and O–H groups in total. The van der Waals surface area contributed by atoms with Crippen LogP contribution in [0.1, 0.15) is 34.8 Å². The molecular formula is C8H9NO2S2. The number of carbonyl (C=O) groups is 1.